The highest BCUT2D eigenvalue weighted by Gasteiger charge is 2.16. The first kappa shape index (κ1) is 16.3. The van der Waals surface area contributed by atoms with Gasteiger partial charge in [-0.05, 0) is 23.4 Å². The number of nitrogens with one attached hydrogen (secondary N) is 1. The number of thiazole rings is 1. The van der Waals surface area contributed by atoms with Gasteiger partial charge in [0.2, 0.25) is 0 Å². The second-order valence-corrected chi connectivity index (χ2v) is 7.11. The maximum atomic E-state index is 10.7. The van der Waals surface area contributed by atoms with Crippen LogP contribution in [-0.4, -0.2) is 9.91 Å². The fourth-order valence-corrected chi connectivity index (χ4v) is 4.23. The van der Waals surface area contributed by atoms with Gasteiger partial charge < -0.3 is 0 Å². The van der Waals surface area contributed by atoms with E-state index < -0.39 is 4.92 Å². The smallest absolute Gasteiger partial charge is 0.258 e. The summed E-state index contributed by atoms with van der Waals surface area (Å²) in [5, 5.41) is 15.8. The third-order valence-corrected chi connectivity index (χ3v) is 5.78. The van der Waals surface area contributed by atoms with E-state index in [1.807, 2.05) is 16.8 Å². The number of nitrogens with zero attached hydrogens (tertiary/aromatic N) is 2. The molecule has 0 amide bonds. The molecule has 0 aliphatic heterocycles. The number of thiophene rings is 1. The van der Waals surface area contributed by atoms with Crippen LogP contribution in [0.15, 0.2) is 47.2 Å². The van der Waals surface area contributed by atoms with Crippen LogP contribution in [0.5, 0.6) is 0 Å². The Kier molecular flexibility index (Phi) is 5.16. The molecule has 0 fully saturated rings. The first-order chi connectivity index (χ1) is 11.2. The van der Waals surface area contributed by atoms with Crippen molar-refractivity contribution < 1.29 is 4.92 Å². The first-order valence-electron chi connectivity index (χ1n) is 6.76. The van der Waals surface area contributed by atoms with Crippen LogP contribution in [0.3, 0.4) is 0 Å². The molecule has 0 radical (unpaired) electrons. The average Bonchev–Trinajstić information content (AvgIpc) is 3.24. The SMILES string of the molecule is O=[N+]([O-])c1ccc(C[C@@H](NBr)c2csc(-c3cccs3)n2)cc1. The van der Waals surface area contributed by atoms with Gasteiger partial charge in [-0.25, -0.2) is 9.33 Å². The zero-order chi connectivity index (χ0) is 16.2. The summed E-state index contributed by atoms with van der Waals surface area (Å²) >= 11 is 6.60. The van der Waals surface area contributed by atoms with Crippen LogP contribution in [0.25, 0.3) is 9.88 Å². The number of nitro groups is 1. The summed E-state index contributed by atoms with van der Waals surface area (Å²) in [6.45, 7) is 0. The second-order valence-electron chi connectivity index (χ2n) is 4.84. The van der Waals surface area contributed by atoms with Crippen LogP contribution in [-0.2, 0) is 6.42 Å². The number of aromatic nitrogens is 1. The summed E-state index contributed by atoms with van der Waals surface area (Å²) in [6.07, 6.45) is 0.691. The molecule has 1 N–H and O–H groups in total. The van der Waals surface area contributed by atoms with Gasteiger partial charge in [-0.3, -0.25) is 10.1 Å². The molecule has 2 heterocycles. The standard InChI is InChI=1S/C15H12BrN3O2S2/c16-18-12(8-10-3-5-11(6-4-10)19(20)21)13-9-23-15(17-13)14-2-1-7-22-14/h1-7,9,12,18H,8H2/t12-/m1/s1. The molecule has 23 heavy (non-hydrogen) atoms. The fraction of sp³-hybridized carbons (Fsp3) is 0.133. The minimum atomic E-state index is -0.391. The van der Waals surface area contributed by atoms with E-state index in [4.69, 9.17) is 4.98 Å². The summed E-state index contributed by atoms with van der Waals surface area (Å²) < 4.78 is 3.09. The molecule has 0 aliphatic rings. The van der Waals surface area contributed by atoms with Crippen molar-refractivity contribution >= 4 is 44.5 Å². The maximum absolute atomic E-state index is 10.7. The van der Waals surface area contributed by atoms with Gasteiger partial charge in [0.05, 0.1) is 21.5 Å². The monoisotopic (exact) mass is 409 g/mol. The molecular weight excluding hydrogens is 398 g/mol. The lowest BCUT2D eigenvalue weighted by Gasteiger charge is -2.12. The van der Waals surface area contributed by atoms with Crippen molar-refractivity contribution in [1.29, 1.82) is 0 Å². The highest BCUT2D eigenvalue weighted by Crippen LogP contribution is 2.31. The van der Waals surface area contributed by atoms with Crippen molar-refractivity contribution in [3.05, 3.63) is 68.5 Å². The van der Waals surface area contributed by atoms with E-state index in [0.29, 0.717) is 6.42 Å². The van der Waals surface area contributed by atoms with Crippen LogP contribution in [0.1, 0.15) is 17.3 Å². The highest BCUT2D eigenvalue weighted by atomic mass is 79.9. The zero-order valence-corrected chi connectivity index (χ0v) is 15.0. The molecule has 0 bridgehead atoms. The predicted molar refractivity (Wildman–Crippen MR) is 97.0 cm³/mol. The molecule has 0 saturated carbocycles. The number of rotatable bonds is 6. The Labute approximate surface area is 149 Å². The number of benzene rings is 1. The number of hydrogen-bond acceptors (Lipinski definition) is 6. The third kappa shape index (κ3) is 3.84. The topological polar surface area (TPSA) is 68.1 Å². The zero-order valence-electron chi connectivity index (χ0n) is 11.8. The van der Waals surface area contributed by atoms with E-state index in [-0.39, 0.29) is 11.7 Å². The molecule has 3 aromatic rings. The highest BCUT2D eigenvalue weighted by molar-refractivity contribution is 9.08. The Morgan fingerprint density at radius 3 is 2.65 bits per heavy atom. The van der Waals surface area contributed by atoms with Crippen LogP contribution < -0.4 is 4.34 Å². The van der Waals surface area contributed by atoms with Crippen molar-refractivity contribution in [1.82, 2.24) is 9.33 Å². The molecule has 2 aromatic heterocycles. The maximum Gasteiger partial charge on any atom is 0.269 e. The molecule has 118 valence electrons. The Morgan fingerprint density at radius 1 is 1.26 bits per heavy atom. The summed E-state index contributed by atoms with van der Waals surface area (Å²) in [5.41, 5.74) is 2.07. The predicted octanol–water partition coefficient (Wildman–Crippen LogP) is 4.96. The Morgan fingerprint density at radius 2 is 2.04 bits per heavy atom. The van der Waals surface area contributed by atoms with E-state index in [2.05, 4.69) is 26.6 Å². The lowest BCUT2D eigenvalue weighted by atomic mass is 10.0. The average molecular weight is 410 g/mol. The molecule has 1 atom stereocenters. The summed E-state index contributed by atoms with van der Waals surface area (Å²) in [6, 6.07) is 10.7. The first-order valence-corrected chi connectivity index (χ1v) is 9.31. The van der Waals surface area contributed by atoms with Gasteiger partial charge in [-0.1, -0.05) is 18.2 Å². The Balaban J connectivity index is 1.76. The van der Waals surface area contributed by atoms with Gasteiger partial charge in [-0.15, -0.1) is 22.7 Å². The van der Waals surface area contributed by atoms with Gasteiger partial charge in [-0.2, -0.15) is 0 Å². The van der Waals surface area contributed by atoms with Crippen LogP contribution in [0.4, 0.5) is 5.69 Å². The van der Waals surface area contributed by atoms with Gasteiger partial charge in [0, 0.05) is 33.7 Å². The molecular formula is C15H12BrN3O2S2. The quantitative estimate of drug-likeness (QED) is 0.354. The number of halogens is 1. The minimum absolute atomic E-state index is 0.00131. The van der Waals surface area contributed by atoms with Crippen molar-refractivity contribution in [3.63, 3.8) is 0 Å². The minimum Gasteiger partial charge on any atom is -0.258 e. The number of nitro benzene ring substituents is 1. The van der Waals surface area contributed by atoms with Crippen molar-refractivity contribution in [3.8, 4) is 9.88 Å². The molecule has 3 rings (SSSR count). The van der Waals surface area contributed by atoms with E-state index in [0.717, 1.165) is 21.1 Å². The third-order valence-electron chi connectivity index (χ3n) is 3.33. The molecule has 0 aliphatic carbocycles. The number of hydrogen-bond donors (Lipinski definition) is 1. The van der Waals surface area contributed by atoms with Crippen molar-refractivity contribution in [2.45, 2.75) is 12.5 Å². The van der Waals surface area contributed by atoms with Gasteiger partial charge in [0.25, 0.3) is 5.69 Å². The van der Waals surface area contributed by atoms with Crippen LogP contribution in [0.2, 0.25) is 0 Å². The fourth-order valence-electron chi connectivity index (χ4n) is 2.15. The van der Waals surface area contributed by atoms with E-state index >= 15 is 0 Å². The molecule has 0 saturated heterocycles. The lowest BCUT2D eigenvalue weighted by molar-refractivity contribution is -0.384. The molecule has 0 unspecified atom stereocenters. The normalized spacial score (nSPS) is 12.2. The van der Waals surface area contributed by atoms with Crippen molar-refractivity contribution in [2.75, 3.05) is 0 Å². The molecule has 0 spiro atoms. The van der Waals surface area contributed by atoms with Crippen molar-refractivity contribution in [2.24, 2.45) is 0 Å². The Bertz CT molecular complexity index is 787. The largest absolute Gasteiger partial charge is 0.269 e. The summed E-state index contributed by atoms with van der Waals surface area (Å²) in [5.74, 6) is 0. The van der Waals surface area contributed by atoms with Gasteiger partial charge in [0.15, 0.2) is 0 Å². The van der Waals surface area contributed by atoms with E-state index in [1.54, 1.807) is 34.8 Å². The molecule has 8 heteroatoms. The summed E-state index contributed by atoms with van der Waals surface area (Å²) in [4.78, 5) is 16.2. The van der Waals surface area contributed by atoms with E-state index in [1.165, 1.54) is 12.1 Å². The molecule has 5 nitrogen and oxygen atoms in total. The molecule has 1 aromatic carbocycles. The Hall–Kier alpha value is -1.61. The van der Waals surface area contributed by atoms with Crippen LogP contribution in [0, 0.1) is 10.1 Å². The number of non-ortho nitro benzene ring substituents is 1. The summed E-state index contributed by atoms with van der Waals surface area (Å²) in [7, 11) is 0. The van der Waals surface area contributed by atoms with Gasteiger partial charge >= 0.3 is 0 Å². The van der Waals surface area contributed by atoms with Crippen LogP contribution >= 0.6 is 38.8 Å². The van der Waals surface area contributed by atoms with Gasteiger partial charge in [0.1, 0.15) is 5.01 Å². The van der Waals surface area contributed by atoms with E-state index in [9.17, 15) is 10.1 Å². The second kappa shape index (κ2) is 7.31. The lowest BCUT2D eigenvalue weighted by Crippen LogP contribution is -2.14.